The highest BCUT2D eigenvalue weighted by Gasteiger charge is 2.20. The number of rotatable bonds is 8. The number of carboxylic acid groups (broad SMARTS) is 2. The molecule has 0 bridgehead atoms. The Morgan fingerprint density at radius 1 is 0.929 bits per heavy atom. The van der Waals surface area contributed by atoms with E-state index in [1.807, 2.05) is 0 Å². The van der Waals surface area contributed by atoms with Crippen molar-refractivity contribution in [2.45, 2.75) is 13.3 Å². The lowest BCUT2D eigenvalue weighted by Crippen LogP contribution is -2.49. The van der Waals surface area contributed by atoms with Gasteiger partial charge in [-0.2, -0.15) is 0 Å². The van der Waals surface area contributed by atoms with Gasteiger partial charge in [-0.05, 0) is 31.5 Å². The predicted molar refractivity (Wildman–Crippen MR) is 149 cm³/mol. The van der Waals surface area contributed by atoms with Crippen LogP contribution in [0.5, 0.6) is 5.75 Å². The van der Waals surface area contributed by atoms with Crippen molar-refractivity contribution < 1.29 is 38.5 Å². The Morgan fingerprint density at radius 3 is 2.21 bits per heavy atom. The number of aromatic nitrogens is 2. The minimum absolute atomic E-state index is 0.125. The van der Waals surface area contributed by atoms with Crippen molar-refractivity contribution >= 4 is 34.7 Å². The lowest BCUT2D eigenvalue weighted by molar-refractivity contribution is -0.159. The lowest BCUT2D eigenvalue weighted by atomic mass is 10.2. The standard InChI is InChI=1S/C25H30N4O7.C2H2O4/c1-4-34-24(32)21-15-19(30)18-14-17(6-7-20(18)36-21)35-13-5-8-28-9-11-29(12-10-28)22-16-23(31)27(3)25(33)26(22)2;3-1(4)2(5)6/h6-7,14-16H,4-5,8-13H2,1-3H3;(H,3,4)(H,5,6). The van der Waals surface area contributed by atoms with Crippen molar-refractivity contribution in [1.29, 1.82) is 0 Å². The number of esters is 1. The Morgan fingerprint density at radius 2 is 1.60 bits per heavy atom. The molecule has 15 nitrogen and oxygen atoms in total. The quantitative estimate of drug-likeness (QED) is 0.205. The maximum absolute atomic E-state index is 12.4. The molecule has 4 rings (SSSR count). The molecule has 0 unspecified atom stereocenters. The van der Waals surface area contributed by atoms with Crippen molar-refractivity contribution in [2.24, 2.45) is 14.1 Å². The second-order valence-electron chi connectivity index (χ2n) is 9.24. The molecule has 1 aliphatic rings. The number of aliphatic carboxylic acids is 2. The van der Waals surface area contributed by atoms with E-state index in [4.69, 9.17) is 33.7 Å². The summed E-state index contributed by atoms with van der Waals surface area (Å²) in [5.74, 6) is -3.25. The largest absolute Gasteiger partial charge is 0.494 e. The first-order valence-electron chi connectivity index (χ1n) is 13.0. The van der Waals surface area contributed by atoms with Gasteiger partial charge in [-0.3, -0.25) is 23.6 Å². The van der Waals surface area contributed by atoms with Crippen LogP contribution in [0, 0.1) is 0 Å². The average molecular weight is 589 g/mol. The molecule has 2 aromatic heterocycles. The summed E-state index contributed by atoms with van der Waals surface area (Å²) in [6.07, 6.45) is 0.790. The fourth-order valence-corrected chi connectivity index (χ4v) is 4.23. The molecule has 3 heterocycles. The lowest BCUT2D eigenvalue weighted by Gasteiger charge is -2.36. The molecular weight excluding hydrogens is 556 g/mol. The number of piperazine rings is 1. The molecule has 0 amide bonds. The van der Waals surface area contributed by atoms with Crippen molar-refractivity contribution in [3.63, 3.8) is 0 Å². The summed E-state index contributed by atoms with van der Waals surface area (Å²) >= 11 is 0. The summed E-state index contributed by atoms with van der Waals surface area (Å²) < 4.78 is 18.8. The topological polar surface area (TPSA) is 191 Å². The number of carbonyl (C=O) groups is 3. The third kappa shape index (κ3) is 7.84. The molecule has 0 spiro atoms. The van der Waals surface area contributed by atoms with E-state index >= 15 is 0 Å². The number of fused-ring (bicyclic) bond motifs is 1. The fraction of sp³-hybridized carbons (Fsp3) is 0.407. The molecule has 226 valence electrons. The Balaban J connectivity index is 0.000000730. The Bertz CT molecular complexity index is 1620. The van der Waals surface area contributed by atoms with Gasteiger partial charge >= 0.3 is 23.6 Å². The summed E-state index contributed by atoms with van der Waals surface area (Å²) in [5.41, 5.74) is -0.678. The first-order valence-corrected chi connectivity index (χ1v) is 13.0. The number of nitrogens with zero attached hydrogens (tertiary/aromatic N) is 4. The average Bonchev–Trinajstić information content (AvgIpc) is 2.97. The molecule has 42 heavy (non-hydrogen) atoms. The highest BCUT2D eigenvalue weighted by Crippen LogP contribution is 2.20. The molecular formula is C27H32N4O11. The first kappa shape index (κ1) is 31.6. The monoisotopic (exact) mass is 588 g/mol. The van der Waals surface area contributed by atoms with E-state index in [0.29, 0.717) is 29.1 Å². The van der Waals surface area contributed by atoms with Crippen LogP contribution in [0.25, 0.3) is 11.0 Å². The van der Waals surface area contributed by atoms with Gasteiger partial charge in [0.25, 0.3) is 5.56 Å². The Hall–Kier alpha value is -4.92. The predicted octanol–water partition coefficient (Wildman–Crippen LogP) is 0.114. The van der Waals surface area contributed by atoms with Crippen LogP contribution in [0.2, 0.25) is 0 Å². The zero-order valence-electron chi connectivity index (χ0n) is 23.4. The number of benzene rings is 1. The van der Waals surface area contributed by atoms with Gasteiger partial charge in [-0.15, -0.1) is 0 Å². The number of anilines is 1. The van der Waals surface area contributed by atoms with Crippen molar-refractivity contribution in [1.82, 2.24) is 14.0 Å². The maximum atomic E-state index is 12.4. The first-order chi connectivity index (χ1) is 19.9. The van der Waals surface area contributed by atoms with Gasteiger partial charge in [0, 0.05) is 59.0 Å². The zero-order chi connectivity index (χ0) is 31.0. The molecule has 2 N–H and O–H groups in total. The van der Waals surface area contributed by atoms with Crippen LogP contribution in [0.1, 0.15) is 23.9 Å². The molecule has 0 atom stereocenters. The third-order valence-electron chi connectivity index (χ3n) is 6.44. The molecule has 0 saturated carbocycles. The van der Waals surface area contributed by atoms with E-state index in [1.165, 1.54) is 17.7 Å². The summed E-state index contributed by atoms with van der Waals surface area (Å²) in [4.78, 5) is 71.1. The van der Waals surface area contributed by atoms with Crippen LogP contribution in [0.3, 0.4) is 0 Å². The second-order valence-corrected chi connectivity index (χ2v) is 9.24. The normalized spacial score (nSPS) is 13.3. The molecule has 0 radical (unpaired) electrons. The van der Waals surface area contributed by atoms with Crippen LogP contribution in [-0.2, 0) is 28.4 Å². The van der Waals surface area contributed by atoms with Gasteiger partial charge in [-0.25, -0.2) is 19.2 Å². The fourth-order valence-electron chi connectivity index (χ4n) is 4.23. The molecule has 1 saturated heterocycles. The van der Waals surface area contributed by atoms with Crippen molar-refractivity contribution in [2.75, 3.05) is 50.8 Å². The third-order valence-corrected chi connectivity index (χ3v) is 6.44. The van der Waals surface area contributed by atoms with Crippen molar-refractivity contribution in [3.05, 3.63) is 67.2 Å². The van der Waals surface area contributed by atoms with Gasteiger partial charge in [0.2, 0.25) is 5.76 Å². The zero-order valence-corrected chi connectivity index (χ0v) is 23.4. The second kappa shape index (κ2) is 14.1. The Kier molecular flexibility index (Phi) is 10.6. The van der Waals surface area contributed by atoms with Crippen molar-refractivity contribution in [3.8, 4) is 5.75 Å². The van der Waals surface area contributed by atoms with E-state index in [9.17, 15) is 19.2 Å². The Labute approximate surface area is 238 Å². The smallest absolute Gasteiger partial charge is 0.414 e. The minimum atomic E-state index is -1.82. The number of carboxylic acids is 2. The summed E-state index contributed by atoms with van der Waals surface area (Å²) in [6, 6.07) is 7.57. The van der Waals surface area contributed by atoms with Gasteiger partial charge in [0.15, 0.2) is 5.43 Å². The van der Waals surface area contributed by atoms with Gasteiger partial charge in [-0.1, -0.05) is 0 Å². The molecule has 3 aromatic rings. The molecule has 15 heteroatoms. The SMILES string of the molecule is CCOC(=O)c1cc(=O)c2cc(OCCCN3CCN(c4cc(=O)n(C)c(=O)n4C)CC3)ccc2o1.O=C(O)C(=O)O. The maximum Gasteiger partial charge on any atom is 0.414 e. The van der Waals surface area contributed by atoms with Gasteiger partial charge < -0.3 is 29.0 Å². The summed E-state index contributed by atoms with van der Waals surface area (Å²) in [7, 11) is 3.15. The van der Waals surface area contributed by atoms with Gasteiger partial charge in [0.05, 0.1) is 18.6 Å². The number of hydrogen-bond donors (Lipinski definition) is 2. The minimum Gasteiger partial charge on any atom is -0.494 e. The van der Waals surface area contributed by atoms with Crippen LogP contribution in [-0.4, -0.2) is 88.1 Å². The number of carbonyl (C=O) groups excluding carboxylic acids is 1. The summed E-state index contributed by atoms with van der Waals surface area (Å²) in [5, 5.41) is 15.1. The van der Waals surface area contributed by atoms with Crippen LogP contribution >= 0.6 is 0 Å². The van der Waals surface area contributed by atoms with Gasteiger partial charge in [0.1, 0.15) is 17.2 Å². The van der Waals surface area contributed by atoms with E-state index in [1.54, 1.807) is 32.2 Å². The van der Waals surface area contributed by atoms with E-state index in [0.717, 1.165) is 49.8 Å². The van der Waals surface area contributed by atoms with Crippen LogP contribution in [0.15, 0.2) is 49.1 Å². The van der Waals surface area contributed by atoms with Crippen LogP contribution in [0.4, 0.5) is 5.82 Å². The van der Waals surface area contributed by atoms with Crippen LogP contribution < -0.4 is 26.3 Å². The van der Waals surface area contributed by atoms with E-state index in [-0.39, 0.29) is 29.0 Å². The highest BCUT2D eigenvalue weighted by molar-refractivity contribution is 6.27. The molecule has 1 fully saturated rings. The van der Waals surface area contributed by atoms with E-state index in [2.05, 4.69) is 9.80 Å². The molecule has 1 aromatic carbocycles. The molecule has 0 aliphatic carbocycles. The number of ether oxygens (including phenoxy) is 2. The summed E-state index contributed by atoms with van der Waals surface area (Å²) in [6.45, 7) is 6.24. The highest BCUT2D eigenvalue weighted by atomic mass is 16.5. The number of hydrogen-bond acceptors (Lipinski definition) is 11. The molecule has 1 aliphatic heterocycles. The van der Waals surface area contributed by atoms with E-state index < -0.39 is 17.9 Å².